The first-order valence-corrected chi connectivity index (χ1v) is 7.26. The van der Waals surface area contributed by atoms with Gasteiger partial charge in [-0.05, 0) is 44.0 Å². The normalized spacial score (nSPS) is 18.7. The summed E-state index contributed by atoms with van der Waals surface area (Å²) in [4.78, 5) is 2.33. The van der Waals surface area contributed by atoms with E-state index in [2.05, 4.69) is 11.9 Å². The van der Waals surface area contributed by atoms with Gasteiger partial charge in [-0.15, -0.1) is 0 Å². The molecule has 4 heteroatoms. The van der Waals surface area contributed by atoms with Gasteiger partial charge in [0.15, 0.2) is 0 Å². The topological polar surface area (TPSA) is 32.7 Å². The summed E-state index contributed by atoms with van der Waals surface area (Å²) in [7, 11) is 2.13. The van der Waals surface area contributed by atoms with E-state index in [1.165, 1.54) is 0 Å². The predicted octanol–water partition coefficient (Wildman–Crippen LogP) is 2.87. The maximum absolute atomic E-state index is 10.2. The van der Waals surface area contributed by atoms with Crippen LogP contribution in [0.1, 0.15) is 30.9 Å². The second-order valence-electron chi connectivity index (χ2n) is 5.18. The molecule has 1 aromatic carbocycles. The summed E-state index contributed by atoms with van der Waals surface area (Å²) in [5, 5.41) is 10.9. The molecule has 3 nitrogen and oxygen atoms in total. The van der Waals surface area contributed by atoms with Crippen LogP contribution in [0.3, 0.4) is 0 Å². The van der Waals surface area contributed by atoms with Crippen LogP contribution in [0.2, 0.25) is 5.02 Å². The maximum Gasteiger partial charge on any atom is 0.0802 e. The van der Waals surface area contributed by atoms with Crippen molar-refractivity contribution in [3.63, 3.8) is 0 Å². The van der Waals surface area contributed by atoms with Crippen LogP contribution in [0.4, 0.5) is 0 Å². The van der Waals surface area contributed by atoms with Crippen LogP contribution in [0.25, 0.3) is 0 Å². The van der Waals surface area contributed by atoms with Crippen molar-refractivity contribution in [2.24, 2.45) is 0 Å². The van der Waals surface area contributed by atoms with Crippen LogP contribution >= 0.6 is 11.6 Å². The quantitative estimate of drug-likeness (QED) is 0.902. The number of ether oxygens (including phenoxy) is 1. The number of aliphatic hydroxyl groups excluding tert-OH is 1. The average Bonchev–Trinajstić information content (AvgIpc) is 2.46. The van der Waals surface area contributed by atoms with E-state index in [-0.39, 0.29) is 0 Å². The number of aliphatic hydroxyl groups is 1. The highest BCUT2D eigenvalue weighted by Crippen LogP contribution is 2.20. The molecule has 1 aliphatic heterocycles. The zero-order valence-corrected chi connectivity index (χ0v) is 12.1. The first-order valence-electron chi connectivity index (χ1n) is 6.88. The van der Waals surface area contributed by atoms with Crippen molar-refractivity contribution >= 4 is 11.6 Å². The Morgan fingerprint density at radius 1 is 1.32 bits per heavy atom. The third-order valence-electron chi connectivity index (χ3n) is 3.82. The van der Waals surface area contributed by atoms with Gasteiger partial charge in [-0.3, -0.25) is 0 Å². The summed E-state index contributed by atoms with van der Waals surface area (Å²) < 4.78 is 5.37. The summed E-state index contributed by atoms with van der Waals surface area (Å²) in [6, 6.07) is 8.01. The Kier molecular flexibility index (Phi) is 5.64. The van der Waals surface area contributed by atoms with Crippen molar-refractivity contribution in [3.05, 3.63) is 34.9 Å². The minimum absolute atomic E-state index is 0.417. The highest BCUT2D eigenvalue weighted by Gasteiger charge is 2.19. The van der Waals surface area contributed by atoms with Crippen molar-refractivity contribution in [3.8, 4) is 0 Å². The summed E-state index contributed by atoms with van der Waals surface area (Å²) in [5.41, 5.74) is 0.935. The molecule has 1 atom stereocenters. The first-order chi connectivity index (χ1) is 9.16. The first kappa shape index (κ1) is 14.8. The molecule has 0 saturated carbocycles. The highest BCUT2D eigenvalue weighted by molar-refractivity contribution is 6.30. The van der Waals surface area contributed by atoms with E-state index < -0.39 is 6.10 Å². The van der Waals surface area contributed by atoms with Crippen LogP contribution < -0.4 is 0 Å². The zero-order chi connectivity index (χ0) is 13.7. The number of hydrogen-bond acceptors (Lipinski definition) is 3. The van der Waals surface area contributed by atoms with Crippen LogP contribution in [0.5, 0.6) is 0 Å². The van der Waals surface area contributed by atoms with Crippen molar-refractivity contribution in [1.82, 2.24) is 4.90 Å². The largest absolute Gasteiger partial charge is 0.388 e. The highest BCUT2D eigenvalue weighted by atomic mass is 35.5. The Labute approximate surface area is 120 Å². The van der Waals surface area contributed by atoms with E-state index in [4.69, 9.17) is 16.3 Å². The maximum atomic E-state index is 10.2. The number of hydrogen-bond donors (Lipinski definition) is 1. The Balaban J connectivity index is 1.79. The summed E-state index contributed by atoms with van der Waals surface area (Å²) in [5.74, 6) is 0. The van der Waals surface area contributed by atoms with Crippen LogP contribution in [-0.4, -0.2) is 42.9 Å². The van der Waals surface area contributed by atoms with Gasteiger partial charge in [0.1, 0.15) is 0 Å². The van der Waals surface area contributed by atoms with E-state index in [0.29, 0.717) is 11.1 Å². The number of nitrogens with zero attached hydrogens (tertiary/aromatic N) is 1. The van der Waals surface area contributed by atoms with Gasteiger partial charge in [0.05, 0.1) is 6.10 Å². The Bertz CT molecular complexity index is 376. The van der Waals surface area contributed by atoms with Crippen molar-refractivity contribution < 1.29 is 9.84 Å². The number of rotatable bonds is 5. The van der Waals surface area contributed by atoms with Gasteiger partial charge >= 0.3 is 0 Å². The molecule has 1 aliphatic rings. The molecule has 0 spiro atoms. The Morgan fingerprint density at radius 2 is 1.95 bits per heavy atom. The van der Waals surface area contributed by atoms with Crippen molar-refractivity contribution in [2.75, 3.05) is 26.8 Å². The molecule has 1 fully saturated rings. The molecule has 0 radical (unpaired) electrons. The monoisotopic (exact) mass is 283 g/mol. The molecule has 0 aromatic heterocycles. The smallest absolute Gasteiger partial charge is 0.0802 e. The Morgan fingerprint density at radius 3 is 2.58 bits per heavy atom. The lowest BCUT2D eigenvalue weighted by atomic mass is 10.0. The van der Waals surface area contributed by atoms with Gasteiger partial charge in [0.2, 0.25) is 0 Å². The minimum atomic E-state index is -0.417. The molecule has 1 unspecified atom stereocenters. The second-order valence-corrected chi connectivity index (χ2v) is 5.62. The molecular formula is C15H22ClNO2. The van der Waals surface area contributed by atoms with Gasteiger partial charge < -0.3 is 14.7 Å². The SMILES string of the molecule is CN(CCC(O)c1ccc(Cl)cc1)C1CCOCC1. The molecule has 0 amide bonds. The molecule has 1 saturated heterocycles. The summed E-state index contributed by atoms with van der Waals surface area (Å²) in [6.07, 6.45) is 2.51. The minimum Gasteiger partial charge on any atom is -0.388 e. The van der Waals surface area contributed by atoms with E-state index in [0.717, 1.165) is 44.6 Å². The lowest BCUT2D eigenvalue weighted by Gasteiger charge is -2.31. The van der Waals surface area contributed by atoms with Gasteiger partial charge in [0.25, 0.3) is 0 Å². The fraction of sp³-hybridized carbons (Fsp3) is 0.600. The van der Waals surface area contributed by atoms with Gasteiger partial charge in [-0.1, -0.05) is 23.7 Å². The Hall–Kier alpha value is -0.610. The molecule has 0 aliphatic carbocycles. The molecule has 0 bridgehead atoms. The van der Waals surface area contributed by atoms with Gasteiger partial charge in [0, 0.05) is 30.8 Å². The average molecular weight is 284 g/mol. The third kappa shape index (κ3) is 4.46. The lowest BCUT2D eigenvalue weighted by molar-refractivity contribution is 0.0377. The van der Waals surface area contributed by atoms with Crippen LogP contribution in [-0.2, 0) is 4.74 Å². The van der Waals surface area contributed by atoms with Crippen LogP contribution in [0, 0.1) is 0 Å². The molecular weight excluding hydrogens is 262 g/mol. The predicted molar refractivity (Wildman–Crippen MR) is 77.5 cm³/mol. The molecule has 106 valence electrons. The number of halogens is 1. The van der Waals surface area contributed by atoms with Crippen molar-refractivity contribution in [2.45, 2.75) is 31.4 Å². The van der Waals surface area contributed by atoms with Crippen molar-refractivity contribution in [1.29, 1.82) is 0 Å². The standard InChI is InChI=1S/C15H22ClNO2/c1-17(14-7-10-19-11-8-14)9-6-15(18)12-2-4-13(16)5-3-12/h2-5,14-15,18H,6-11H2,1H3. The van der Waals surface area contributed by atoms with E-state index in [1.807, 2.05) is 24.3 Å². The zero-order valence-electron chi connectivity index (χ0n) is 11.4. The van der Waals surface area contributed by atoms with Gasteiger partial charge in [-0.25, -0.2) is 0 Å². The van der Waals surface area contributed by atoms with E-state index in [9.17, 15) is 5.11 Å². The fourth-order valence-electron chi connectivity index (χ4n) is 2.49. The molecule has 19 heavy (non-hydrogen) atoms. The molecule has 1 heterocycles. The van der Waals surface area contributed by atoms with E-state index in [1.54, 1.807) is 0 Å². The molecule has 1 N–H and O–H groups in total. The summed E-state index contributed by atoms with van der Waals surface area (Å²) in [6.45, 7) is 2.61. The lowest BCUT2D eigenvalue weighted by Crippen LogP contribution is -2.37. The van der Waals surface area contributed by atoms with Gasteiger partial charge in [-0.2, -0.15) is 0 Å². The number of benzene rings is 1. The van der Waals surface area contributed by atoms with E-state index >= 15 is 0 Å². The second kappa shape index (κ2) is 7.25. The third-order valence-corrected chi connectivity index (χ3v) is 4.08. The molecule has 2 rings (SSSR count). The van der Waals surface area contributed by atoms with Crippen LogP contribution in [0.15, 0.2) is 24.3 Å². The fourth-order valence-corrected chi connectivity index (χ4v) is 2.61. The molecule has 1 aromatic rings. The summed E-state index contributed by atoms with van der Waals surface area (Å²) >= 11 is 5.84.